The van der Waals surface area contributed by atoms with Crippen molar-refractivity contribution in [3.05, 3.63) is 51.8 Å². The molecule has 2 aromatic rings. The fourth-order valence-electron chi connectivity index (χ4n) is 2.19. The molecule has 2 aromatic heterocycles. The lowest BCUT2D eigenvalue weighted by Crippen LogP contribution is -2.39. The number of hydrogen-bond donors (Lipinski definition) is 2. The van der Waals surface area contributed by atoms with Crippen molar-refractivity contribution in [3.63, 3.8) is 0 Å². The lowest BCUT2D eigenvalue weighted by molar-refractivity contribution is 0.0322. The number of furan rings is 1. The summed E-state index contributed by atoms with van der Waals surface area (Å²) in [4.78, 5) is 24.0. The summed E-state index contributed by atoms with van der Waals surface area (Å²) in [7, 11) is 0. The average Bonchev–Trinajstić information content (AvgIpc) is 2.99. The number of aliphatic hydroxyl groups is 1. The lowest BCUT2D eigenvalue weighted by atomic mass is 10.0. The van der Waals surface area contributed by atoms with Crippen molar-refractivity contribution >= 4 is 5.91 Å². The Labute approximate surface area is 140 Å². The molecule has 0 aliphatic carbocycles. The number of amides is 1. The topological polar surface area (TPSA) is 97.4 Å². The average molecular weight is 333 g/mol. The molecule has 0 aliphatic rings. The Kier molecular flexibility index (Phi) is 5.56. The molecule has 1 amide bonds. The molecular formula is C17H23N3O4. The molecule has 1 unspecified atom stereocenters. The van der Waals surface area contributed by atoms with Gasteiger partial charge in [0.1, 0.15) is 22.8 Å². The van der Waals surface area contributed by atoms with Crippen LogP contribution in [0, 0.1) is 6.92 Å². The van der Waals surface area contributed by atoms with Crippen molar-refractivity contribution in [1.82, 2.24) is 15.1 Å². The lowest BCUT2D eigenvalue weighted by Gasteiger charge is -2.21. The molecule has 0 aliphatic heterocycles. The van der Waals surface area contributed by atoms with E-state index in [1.807, 2.05) is 6.92 Å². The number of nitrogens with one attached hydrogen (secondary N) is 1. The normalized spacial score (nSPS) is 13.5. The van der Waals surface area contributed by atoms with Crippen LogP contribution >= 0.6 is 0 Å². The predicted octanol–water partition coefficient (Wildman–Crippen LogP) is 1.58. The Morgan fingerprint density at radius 3 is 2.75 bits per heavy atom. The summed E-state index contributed by atoms with van der Waals surface area (Å²) in [6, 6.07) is 6.12. The first-order valence-corrected chi connectivity index (χ1v) is 7.99. The zero-order valence-corrected chi connectivity index (χ0v) is 14.2. The third kappa shape index (κ3) is 4.32. The number of rotatable bonds is 7. The van der Waals surface area contributed by atoms with Gasteiger partial charge >= 0.3 is 0 Å². The number of carbonyl (C=O) groups excluding carboxylic acids is 1. The summed E-state index contributed by atoms with van der Waals surface area (Å²) < 4.78 is 6.69. The van der Waals surface area contributed by atoms with E-state index in [0.29, 0.717) is 18.1 Å². The summed E-state index contributed by atoms with van der Waals surface area (Å²) >= 11 is 0. The Bertz CT molecular complexity index is 761. The number of aromatic nitrogens is 2. The van der Waals surface area contributed by atoms with Crippen LogP contribution in [0.5, 0.6) is 0 Å². The van der Waals surface area contributed by atoms with E-state index in [0.717, 1.165) is 12.8 Å². The Hall–Kier alpha value is -2.41. The fourth-order valence-corrected chi connectivity index (χ4v) is 2.19. The number of carbonyl (C=O) groups is 1. The summed E-state index contributed by atoms with van der Waals surface area (Å²) in [5, 5.41) is 17.1. The predicted molar refractivity (Wildman–Crippen MR) is 88.8 cm³/mol. The molecule has 0 saturated carbocycles. The molecule has 0 spiro atoms. The standard InChI is InChI=1S/C17H23N3O4/c1-4-5-10-20-15(21)9-7-13(19-20)16(22)18-11-17(3,23)14-8-6-12(2)24-14/h6-9,23H,4-5,10-11H2,1-3H3,(H,18,22). The van der Waals surface area contributed by atoms with E-state index in [2.05, 4.69) is 10.4 Å². The van der Waals surface area contributed by atoms with E-state index in [1.165, 1.54) is 16.8 Å². The van der Waals surface area contributed by atoms with Crippen LogP contribution in [0.25, 0.3) is 0 Å². The minimum atomic E-state index is -1.33. The molecule has 0 fully saturated rings. The van der Waals surface area contributed by atoms with Crippen LogP contribution < -0.4 is 10.9 Å². The molecule has 0 bridgehead atoms. The second-order valence-corrected chi connectivity index (χ2v) is 6.00. The zero-order valence-electron chi connectivity index (χ0n) is 14.2. The van der Waals surface area contributed by atoms with E-state index in [1.54, 1.807) is 26.0 Å². The highest BCUT2D eigenvalue weighted by atomic mass is 16.4. The van der Waals surface area contributed by atoms with Gasteiger partial charge in [-0.1, -0.05) is 13.3 Å². The highest BCUT2D eigenvalue weighted by Crippen LogP contribution is 2.21. The van der Waals surface area contributed by atoms with Crippen LogP contribution in [0.2, 0.25) is 0 Å². The quantitative estimate of drug-likeness (QED) is 0.802. The first-order valence-electron chi connectivity index (χ1n) is 7.99. The fraction of sp³-hybridized carbons (Fsp3) is 0.471. The minimum Gasteiger partial charge on any atom is -0.463 e. The van der Waals surface area contributed by atoms with E-state index in [-0.39, 0.29) is 17.8 Å². The Balaban J connectivity index is 2.05. The van der Waals surface area contributed by atoms with Crippen molar-refractivity contribution < 1.29 is 14.3 Å². The smallest absolute Gasteiger partial charge is 0.271 e. The van der Waals surface area contributed by atoms with Gasteiger partial charge < -0.3 is 14.8 Å². The van der Waals surface area contributed by atoms with Crippen molar-refractivity contribution in [2.45, 2.75) is 45.8 Å². The molecular weight excluding hydrogens is 310 g/mol. The largest absolute Gasteiger partial charge is 0.463 e. The summed E-state index contributed by atoms with van der Waals surface area (Å²) in [5.41, 5.74) is -1.43. The number of unbranched alkanes of at least 4 members (excludes halogenated alkanes) is 1. The van der Waals surface area contributed by atoms with Crippen molar-refractivity contribution in [2.24, 2.45) is 0 Å². The van der Waals surface area contributed by atoms with E-state index >= 15 is 0 Å². The molecule has 0 radical (unpaired) electrons. The third-order valence-electron chi connectivity index (χ3n) is 3.69. The highest BCUT2D eigenvalue weighted by Gasteiger charge is 2.27. The SMILES string of the molecule is CCCCn1nc(C(=O)NCC(C)(O)c2ccc(C)o2)ccc1=O. The van der Waals surface area contributed by atoms with Crippen LogP contribution in [0.1, 0.15) is 48.7 Å². The second kappa shape index (κ2) is 7.44. The first-order chi connectivity index (χ1) is 11.3. The Morgan fingerprint density at radius 1 is 1.38 bits per heavy atom. The molecule has 2 N–H and O–H groups in total. The molecule has 24 heavy (non-hydrogen) atoms. The van der Waals surface area contributed by atoms with Crippen LogP contribution in [-0.4, -0.2) is 27.3 Å². The monoisotopic (exact) mass is 333 g/mol. The van der Waals surface area contributed by atoms with Gasteiger partial charge in [0.05, 0.1) is 6.54 Å². The van der Waals surface area contributed by atoms with Gasteiger partial charge in [0, 0.05) is 12.6 Å². The van der Waals surface area contributed by atoms with Gasteiger partial charge in [0.2, 0.25) is 0 Å². The molecule has 0 aromatic carbocycles. The Morgan fingerprint density at radius 2 is 2.12 bits per heavy atom. The molecule has 1 atom stereocenters. The van der Waals surface area contributed by atoms with E-state index in [9.17, 15) is 14.7 Å². The van der Waals surface area contributed by atoms with E-state index < -0.39 is 11.5 Å². The number of aryl methyl sites for hydroxylation is 2. The van der Waals surface area contributed by atoms with Crippen LogP contribution in [-0.2, 0) is 12.1 Å². The molecule has 130 valence electrons. The van der Waals surface area contributed by atoms with Crippen molar-refractivity contribution in [2.75, 3.05) is 6.54 Å². The van der Waals surface area contributed by atoms with Gasteiger partial charge in [-0.3, -0.25) is 9.59 Å². The maximum atomic E-state index is 12.2. The van der Waals surface area contributed by atoms with Crippen molar-refractivity contribution in [1.29, 1.82) is 0 Å². The van der Waals surface area contributed by atoms with Crippen LogP contribution in [0.3, 0.4) is 0 Å². The van der Waals surface area contributed by atoms with Gasteiger partial charge in [-0.25, -0.2) is 4.68 Å². The molecule has 2 heterocycles. The highest BCUT2D eigenvalue weighted by molar-refractivity contribution is 5.92. The maximum absolute atomic E-state index is 12.2. The van der Waals surface area contributed by atoms with Crippen LogP contribution in [0.15, 0.2) is 33.5 Å². The zero-order chi connectivity index (χ0) is 17.7. The molecule has 7 nitrogen and oxygen atoms in total. The van der Waals surface area contributed by atoms with E-state index in [4.69, 9.17) is 4.42 Å². The summed E-state index contributed by atoms with van der Waals surface area (Å²) in [6.45, 7) is 5.79. The van der Waals surface area contributed by atoms with Gasteiger partial charge in [-0.05, 0) is 38.5 Å². The first kappa shape index (κ1) is 17.9. The number of hydrogen-bond acceptors (Lipinski definition) is 5. The summed E-state index contributed by atoms with van der Waals surface area (Å²) in [5.74, 6) is 0.603. The van der Waals surface area contributed by atoms with Gasteiger partial charge in [0.25, 0.3) is 11.5 Å². The molecule has 2 rings (SSSR count). The van der Waals surface area contributed by atoms with Crippen LogP contribution in [0.4, 0.5) is 0 Å². The van der Waals surface area contributed by atoms with Gasteiger partial charge in [-0.15, -0.1) is 0 Å². The molecule has 7 heteroatoms. The minimum absolute atomic E-state index is 0.0332. The maximum Gasteiger partial charge on any atom is 0.271 e. The van der Waals surface area contributed by atoms with Gasteiger partial charge in [0.15, 0.2) is 0 Å². The van der Waals surface area contributed by atoms with Crippen molar-refractivity contribution in [3.8, 4) is 0 Å². The van der Waals surface area contributed by atoms with Gasteiger partial charge in [-0.2, -0.15) is 5.10 Å². The summed E-state index contributed by atoms with van der Waals surface area (Å²) in [6.07, 6.45) is 1.74. The molecule has 0 saturated heterocycles. The second-order valence-electron chi connectivity index (χ2n) is 6.00. The third-order valence-corrected chi connectivity index (χ3v) is 3.69. The number of nitrogens with zero attached hydrogens (tertiary/aromatic N) is 2.